The molecule has 0 unspecified atom stereocenters. The number of hydrogen-bond acceptors (Lipinski definition) is 1. The van der Waals surface area contributed by atoms with Gasteiger partial charge >= 0.3 is 42.0 Å². The quantitative estimate of drug-likeness (QED) is 0.240. The van der Waals surface area contributed by atoms with Crippen molar-refractivity contribution in [2.75, 3.05) is 0 Å². The minimum atomic E-state index is -11.2. The molecule has 1 aromatic heterocycles. The molecule has 0 aliphatic heterocycles. The number of hydrogen-bond donors (Lipinski definition) is 0. The minimum absolute atomic E-state index is 0.587. The Hall–Kier alpha value is -1.94. The summed E-state index contributed by atoms with van der Waals surface area (Å²) in [4.78, 5) is 3.23. The molecule has 3 nitrogen and oxygen atoms in total. The van der Waals surface area contributed by atoms with E-state index < -0.39 is 19.5 Å². The van der Waals surface area contributed by atoms with Crippen LogP contribution in [0.15, 0.2) is 42.5 Å². The van der Waals surface area contributed by atoms with Crippen molar-refractivity contribution in [3.05, 3.63) is 47.4 Å². The Bertz CT molecular complexity index is 926. The Morgan fingerprint density at radius 1 is 0.870 bits per heavy atom. The molecule has 0 bridgehead atoms. The summed E-state index contributed by atoms with van der Waals surface area (Å²) in [6.07, 6.45) is 0. The number of para-hydroxylation sites is 1. The summed E-state index contributed by atoms with van der Waals surface area (Å²) in [5.41, 5.74) is 2.92. The second kappa shape index (κ2) is 4.78. The first-order valence-electron chi connectivity index (χ1n) is 6.15. The number of benzene rings is 2. The van der Waals surface area contributed by atoms with E-state index in [9.17, 15) is 16.9 Å². The maximum atomic E-state index is 9.93. The molecular weight excluding hydrogens is 434 g/mol. The molecule has 0 aliphatic rings. The third kappa shape index (κ3) is 5.03. The standard InChI is InChI=1S/C13H10N3.6FH.Sb/c1-16-12-5-3-2-4-10(12)11-8-9(15-14)6-7-13(11)16;;;;;;;/h2-8H,1H3;6*1H;/q+1;;;;;;;+5/p-6. The van der Waals surface area contributed by atoms with Crippen LogP contribution in [0.1, 0.15) is 0 Å². The van der Waals surface area contributed by atoms with Crippen molar-refractivity contribution < 1.29 is 16.9 Å². The Balaban J connectivity index is 0.000000236. The number of aromatic nitrogens is 1. The molecule has 0 atom stereocenters. The number of aryl methyl sites for hydroxylation is 1. The molecule has 124 valence electrons. The molecule has 0 fully saturated rings. The van der Waals surface area contributed by atoms with Crippen LogP contribution in [0.2, 0.25) is 0 Å². The van der Waals surface area contributed by atoms with Crippen LogP contribution in [0, 0.1) is 5.39 Å². The second-order valence-electron chi connectivity index (χ2n) is 4.84. The number of halogens is 6. The van der Waals surface area contributed by atoms with Gasteiger partial charge < -0.3 is 4.57 Å². The normalized spacial score (nSPS) is 14.5. The first-order chi connectivity index (χ1) is 10.3. The molecule has 0 aliphatic carbocycles. The zero-order valence-electron chi connectivity index (χ0n) is 11.6. The molecule has 2 aromatic carbocycles. The second-order valence-corrected chi connectivity index (χ2v) is 10.3. The van der Waals surface area contributed by atoms with Crippen LogP contribution in [-0.4, -0.2) is 24.0 Å². The first-order valence-corrected chi connectivity index (χ1v) is 11.9. The summed E-state index contributed by atoms with van der Waals surface area (Å²) in [5.74, 6) is 0. The number of diazo groups is 1. The molecule has 0 saturated heterocycles. The molecule has 3 rings (SSSR count). The van der Waals surface area contributed by atoms with Crippen molar-refractivity contribution in [3.63, 3.8) is 0 Å². The van der Waals surface area contributed by atoms with Gasteiger partial charge in [-0.25, -0.2) is 0 Å². The van der Waals surface area contributed by atoms with Crippen LogP contribution in [-0.2, 0) is 7.05 Å². The zero-order chi connectivity index (χ0) is 17.5. The van der Waals surface area contributed by atoms with Crippen LogP contribution < -0.4 is 0 Å². The predicted octanol–water partition coefficient (Wildman–Crippen LogP) is 5.96. The van der Waals surface area contributed by atoms with E-state index in [-0.39, 0.29) is 0 Å². The number of fused-ring (bicyclic) bond motifs is 3. The van der Waals surface area contributed by atoms with Crippen molar-refractivity contribution >= 4 is 47.0 Å². The fourth-order valence-electron chi connectivity index (χ4n) is 2.22. The van der Waals surface area contributed by atoms with Crippen LogP contribution >= 0.6 is 0 Å². The van der Waals surface area contributed by atoms with E-state index in [2.05, 4.69) is 21.7 Å². The van der Waals surface area contributed by atoms with E-state index in [4.69, 9.17) is 5.39 Å². The maximum absolute atomic E-state index is 11.2. The van der Waals surface area contributed by atoms with Crippen LogP contribution in [0.4, 0.5) is 22.6 Å². The van der Waals surface area contributed by atoms with Gasteiger partial charge in [-0.1, -0.05) is 18.2 Å². The van der Waals surface area contributed by atoms with E-state index in [1.165, 1.54) is 10.9 Å². The summed E-state index contributed by atoms with van der Waals surface area (Å²) >= 11 is -11.2. The summed E-state index contributed by atoms with van der Waals surface area (Å²) in [7, 11) is 2.04. The van der Waals surface area contributed by atoms with E-state index in [0.29, 0.717) is 5.69 Å². The molecule has 3 aromatic rings. The molecule has 10 heteroatoms. The van der Waals surface area contributed by atoms with Gasteiger partial charge in [0, 0.05) is 41.0 Å². The predicted molar refractivity (Wildman–Crippen MR) is 77.6 cm³/mol. The van der Waals surface area contributed by atoms with Crippen molar-refractivity contribution in [1.29, 1.82) is 5.39 Å². The van der Waals surface area contributed by atoms with Crippen LogP contribution in [0.25, 0.3) is 26.8 Å². The fourth-order valence-corrected chi connectivity index (χ4v) is 2.22. The van der Waals surface area contributed by atoms with Gasteiger partial charge in [-0.15, -0.1) is 0 Å². The third-order valence-corrected chi connectivity index (χ3v) is 3.01. The molecule has 0 radical (unpaired) electrons. The Morgan fingerprint density at radius 2 is 1.39 bits per heavy atom. The van der Waals surface area contributed by atoms with Crippen molar-refractivity contribution in [1.82, 2.24) is 4.57 Å². The molecule has 23 heavy (non-hydrogen) atoms. The Labute approximate surface area is 128 Å². The average molecular weight is 444 g/mol. The monoisotopic (exact) mass is 443 g/mol. The molecular formula is C13H10F6N3Sb. The number of rotatable bonds is 0. The first kappa shape index (κ1) is 17.4. The van der Waals surface area contributed by atoms with Gasteiger partial charge in [0.2, 0.25) is 5.39 Å². The van der Waals surface area contributed by atoms with Gasteiger partial charge in [-0.05, 0) is 12.1 Å². The molecule has 1 heterocycles. The molecule has 0 N–H and O–H groups in total. The molecule has 0 saturated carbocycles. The summed E-state index contributed by atoms with van der Waals surface area (Å²) in [6, 6.07) is 13.9. The Kier molecular flexibility index (Phi) is 3.62. The van der Waals surface area contributed by atoms with Crippen LogP contribution in [0.5, 0.6) is 0 Å². The molecule has 0 amide bonds. The molecule has 0 spiro atoms. The van der Waals surface area contributed by atoms with Crippen molar-refractivity contribution in [2.45, 2.75) is 0 Å². The van der Waals surface area contributed by atoms with E-state index in [0.717, 1.165) is 10.9 Å². The number of nitrogens with zero attached hydrogens (tertiary/aromatic N) is 3. The van der Waals surface area contributed by atoms with E-state index >= 15 is 0 Å². The van der Waals surface area contributed by atoms with E-state index in [1.807, 2.05) is 31.3 Å². The van der Waals surface area contributed by atoms with Gasteiger partial charge in [0.1, 0.15) is 0 Å². The topological polar surface area (TPSA) is 33.1 Å². The van der Waals surface area contributed by atoms with Gasteiger partial charge in [0.25, 0.3) is 0 Å². The summed E-state index contributed by atoms with van der Waals surface area (Å²) < 4.78 is 61.7. The van der Waals surface area contributed by atoms with Crippen molar-refractivity contribution in [2.24, 2.45) is 7.05 Å². The summed E-state index contributed by atoms with van der Waals surface area (Å²) in [5, 5.41) is 11.1. The third-order valence-electron chi connectivity index (χ3n) is 3.01. The fraction of sp³-hybridized carbons (Fsp3) is 0.0769. The van der Waals surface area contributed by atoms with Crippen LogP contribution in [0.3, 0.4) is 0 Å². The summed E-state index contributed by atoms with van der Waals surface area (Å²) in [6.45, 7) is 0. The SMILES string of the molecule is Cn1c2ccccc2c2cc([N+]#N)ccc21.[F][Sb-]([F])([F])([F])([F])[F]. The van der Waals surface area contributed by atoms with Gasteiger partial charge in [0.05, 0.1) is 0 Å². The average Bonchev–Trinajstić information content (AvgIpc) is 2.69. The van der Waals surface area contributed by atoms with Gasteiger partial charge in [-0.2, -0.15) is 0 Å². The van der Waals surface area contributed by atoms with E-state index in [1.54, 1.807) is 6.07 Å². The van der Waals surface area contributed by atoms with Crippen molar-refractivity contribution in [3.8, 4) is 0 Å². The Morgan fingerprint density at radius 3 is 1.96 bits per heavy atom. The van der Waals surface area contributed by atoms with Gasteiger partial charge in [0.15, 0.2) is 4.98 Å². The van der Waals surface area contributed by atoms with Gasteiger partial charge in [-0.3, -0.25) is 0 Å². The zero-order valence-corrected chi connectivity index (χ0v) is 14.2.